The van der Waals surface area contributed by atoms with Crippen molar-refractivity contribution in [2.75, 3.05) is 5.32 Å². The fourth-order valence-corrected chi connectivity index (χ4v) is 5.48. The van der Waals surface area contributed by atoms with Gasteiger partial charge in [-0.1, -0.05) is 18.2 Å². The summed E-state index contributed by atoms with van der Waals surface area (Å²) in [5, 5.41) is 8.39. The molecule has 3 heterocycles. The summed E-state index contributed by atoms with van der Waals surface area (Å²) < 4.78 is 17.3. The van der Waals surface area contributed by atoms with Gasteiger partial charge in [0.1, 0.15) is 10.6 Å². The van der Waals surface area contributed by atoms with Gasteiger partial charge >= 0.3 is 0 Å². The number of nitrogens with zero attached hydrogens (tertiary/aromatic N) is 4. The molecule has 1 N–H and O–H groups in total. The molecule has 0 bridgehead atoms. The van der Waals surface area contributed by atoms with Crippen molar-refractivity contribution < 1.29 is 4.39 Å². The lowest BCUT2D eigenvalue weighted by Gasteiger charge is -2.16. The quantitative estimate of drug-likeness (QED) is 0.475. The number of thiophene rings is 1. The molecule has 1 aliphatic carbocycles. The summed E-state index contributed by atoms with van der Waals surface area (Å²) in [6, 6.07) is 6.62. The second-order valence-corrected chi connectivity index (χ2v) is 9.32. The molecule has 6 nitrogen and oxygen atoms in total. The molecule has 1 aromatic carbocycles. The van der Waals surface area contributed by atoms with Crippen molar-refractivity contribution in [3.8, 4) is 0 Å². The molecule has 160 valence electrons. The number of fused-ring (bicyclic) bond motifs is 3. The van der Waals surface area contributed by atoms with Crippen LogP contribution in [-0.4, -0.2) is 19.3 Å². The molecule has 0 amide bonds. The maximum Gasteiger partial charge on any atom is 0.264 e. The number of anilines is 2. The zero-order valence-corrected chi connectivity index (χ0v) is 18.4. The summed E-state index contributed by atoms with van der Waals surface area (Å²) in [5.41, 5.74) is 2.49. The molecule has 0 saturated carbocycles. The Bertz CT molecular complexity index is 1320. The Hall–Kier alpha value is -3.00. The lowest BCUT2D eigenvalue weighted by atomic mass is 9.97. The van der Waals surface area contributed by atoms with Crippen molar-refractivity contribution in [2.24, 2.45) is 0 Å². The molecule has 8 heteroatoms. The largest absolute Gasteiger partial charge is 0.323 e. The first kappa shape index (κ1) is 19.9. The summed E-state index contributed by atoms with van der Waals surface area (Å²) in [6.07, 6.45) is 7.75. The lowest BCUT2D eigenvalue weighted by molar-refractivity contribution is 0.582. The molecule has 31 heavy (non-hydrogen) atoms. The maximum atomic E-state index is 14.0. The van der Waals surface area contributed by atoms with Gasteiger partial charge in [0.25, 0.3) is 5.56 Å². The molecular weight excluding hydrogens is 413 g/mol. The van der Waals surface area contributed by atoms with Crippen LogP contribution >= 0.6 is 11.3 Å². The summed E-state index contributed by atoms with van der Waals surface area (Å²) in [7, 11) is 0. The van der Waals surface area contributed by atoms with Crippen molar-refractivity contribution in [2.45, 2.75) is 52.1 Å². The van der Waals surface area contributed by atoms with Crippen LogP contribution in [0.4, 0.5) is 16.0 Å². The van der Waals surface area contributed by atoms with E-state index in [1.54, 1.807) is 45.1 Å². The fourth-order valence-electron chi connectivity index (χ4n) is 4.23. The Morgan fingerprint density at radius 1 is 1.23 bits per heavy atom. The van der Waals surface area contributed by atoms with Crippen LogP contribution in [0.15, 0.2) is 41.5 Å². The average Bonchev–Trinajstić information content (AvgIpc) is 3.33. The van der Waals surface area contributed by atoms with Gasteiger partial charge in [-0.05, 0) is 51.2 Å². The molecule has 1 aliphatic rings. The van der Waals surface area contributed by atoms with Crippen LogP contribution in [0.2, 0.25) is 0 Å². The minimum Gasteiger partial charge on any atom is -0.323 e. The minimum absolute atomic E-state index is 0.0145. The highest BCUT2D eigenvalue weighted by molar-refractivity contribution is 7.18. The summed E-state index contributed by atoms with van der Waals surface area (Å²) >= 11 is 1.64. The van der Waals surface area contributed by atoms with Crippen LogP contribution in [0, 0.1) is 5.82 Å². The predicted octanol–water partition coefficient (Wildman–Crippen LogP) is 5.05. The van der Waals surface area contributed by atoms with E-state index in [1.165, 1.54) is 22.9 Å². The Morgan fingerprint density at radius 3 is 2.84 bits per heavy atom. The highest BCUT2D eigenvalue weighted by Gasteiger charge is 2.23. The first-order valence-electron chi connectivity index (χ1n) is 10.6. The molecule has 0 saturated heterocycles. The van der Waals surface area contributed by atoms with Crippen molar-refractivity contribution in [1.82, 2.24) is 19.3 Å². The van der Waals surface area contributed by atoms with Crippen LogP contribution in [0.25, 0.3) is 10.2 Å². The van der Waals surface area contributed by atoms with Gasteiger partial charge < -0.3 is 5.32 Å². The monoisotopic (exact) mass is 437 g/mol. The molecule has 0 fully saturated rings. The van der Waals surface area contributed by atoms with Crippen LogP contribution in [0.3, 0.4) is 0 Å². The average molecular weight is 438 g/mol. The third-order valence-corrected chi connectivity index (χ3v) is 6.90. The maximum absolute atomic E-state index is 14.0. The number of aromatic nitrogens is 4. The summed E-state index contributed by atoms with van der Waals surface area (Å²) in [5.74, 6) is 0.256. The van der Waals surface area contributed by atoms with E-state index in [1.807, 2.05) is 19.9 Å². The molecular formula is C23H24FN5OS. The minimum atomic E-state index is -0.255. The Labute approximate surface area is 183 Å². The summed E-state index contributed by atoms with van der Waals surface area (Å²) in [6.45, 7) is 4.30. The highest BCUT2D eigenvalue weighted by Crippen LogP contribution is 2.35. The van der Waals surface area contributed by atoms with E-state index in [-0.39, 0.29) is 17.4 Å². The molecule has 3 aromatic heterocycles. The van der Waals surface area contributed by atoms with E-state index >= 15 is 0 Å². The molecule has 5 rings (SSSR count). The van der Waals surface area contributed by atoms with Gasteiger partial charge in [0.15, 0.2) is 0 Å². The van der Waals surface area contributed by atoms with E-state index < -0.39 is 0 Å². The number of nitrogens with one attached hydrogen (secondary N) is 1. The first-order chi connectivity index (χ1) is 15.0. The van der Waals surface area contributed by atoms with E-state index in [0.29, 0.717) is 23.7 Å². The number of hydrogen-bond donors (Lipinski definition) is 1. The smallest absolute Gasteiger partial charge is 0.264 e. The molecule has 4 aromatic rings. The highest BCUT2D eigenvalue weighted by atomic mass is 32.1. The van der Waals surface area contributed by atoms with E-state index in [4.69, 9.17) is 4.98 Å². The van der Waals surface area contributed by atoms with E-state index in [0.717, 1.165) is 29.5 Å². The number of halogens is 1. The van der Waals surface area contributed by atoms with E-state index in [2.05, 4.69) is 10.4 Å². The van der Waals surface area contributed by atoms with Crippen LogP contribution in [-0.2, 0) is 19.4 Å². The van der Waals surface area contributed by atoms with Crippen LogP contribution in [0.1, 0.15) is 48.7 Å². The third kappa shape index (κ3) is 3.65. The van der Waals surface area contributed by atoms with Crippen LogP contribution in [0.5, 0.6) is 0 Å². The SMILES string of the molecule is CC(C)n1c(Nc2cnn(Cc3ccccc3F)c2)nc2sc3c(c2c1=O)CCCC3. The standard InChI is InChI=1S/C23H24FN5OS/c1-14(2)29-22(30)20-17-8-4-6-10-19(17)31-21(20)27-23(29)26-16-11-25-28(13-16)12-15-7-3-5-9-18(15)24/h3,5,7,9,11,13-14H,4,6,8,10,12H2,1-2H3,(H,26,27). The molecule has 0 atom stereocenters. The van der Waals surface area contributed by atoms with Gasteiger partial charge in [-0.3, -0.25) is 14.0 Å². The van der Waals surface area contributed by atoms with Crippen molar-refractivity contribution in [3.05, 3.63) is 68.8 Å². The number of rotatable bonds is 5. The molecule has 0 radical (unpaired) electrons. The number of benzene rings is 1. The molecule has 0 spiro atoms. The third-order valence-electron chi connectivity index (χ3n) is 5.72. The van der Waals surface area contributed by atoms with Gasteiger partial charge in [-0.2, -0.15) is 5.10 Å². The van der Waals surface area contributed by atoms with Crippen molar-refractivity contribution in [1.29, 1.82) is 0 Å². The van der Waals surface area contributed by atoms with Gasteiger partial charge in [-0.15, -0.1) is 11.3 Å². The second-order valence-electron chi connectivity index (χ2n) is 8.24. The number of aryl methyl sites for hydroxylation is 2. The lowest BCUT2D eigenvalue weighted by Crippen LogP contribution is -2.26. The Balaban J connectivity index is 1.51. The second kappa shape index (κ2) is 7.92. The summed E-state index contributed by atoms with van der Waals surface area (Å²) in [4.78, 5) is 20.4. The Morgan fingerprint density at radius 2 is 2.03 bits per heavy atom. The van der Waals surface area contributed by atoms with Crippen molar-refractivity contribution in [3.63, 3.8) is 0 Å². The van der Waals surface area contributed by atoms with Gasteiger partial charge in [0.05, 0.1) is 23.8 Å². The van der Waals surface area contributed by atoms with Crippen LogP contribution < -0.4 is 10.9 Å². The first-order valence-corrected chi connectivity index (χ1v) is 11.4. The zero-order valence-electron chi connectivity index (χ0n) is 17.6. The molecule has 0 unspecified atom stereocenters. The number of hydrogen-bond acceptors (Lipinski definition) is 5. The Kier molecular flexibility index (Phi) is 5.09. The van der Waals surface area contributed by atoms with E-state index in [9.17, 15) is 9.18 Å². The predicted molar refractivity (Wildman–Crippen MR) is 122 cm³/mol. The zero-order chi connectivity index (χ0) is 21.5. The topological polar surface area (TPSA) is 64.7 Å². The normalized spacial score (nSPS) is 13.7. The van der Waals surface area contributed by atoms with Gasteiger partial charge in [0.2, 0.25) is 5.95 Å². The van der Waals surface area contributed by atoms with Gasteiger partial charge in [0, 0.05) is 22.7 Å². The fraction of sp³-hybridized carbons (Fsp3) is 0.348. The molecule has 0 aliphatic heterocycles. The van der Waals surface area contributed by atoms with Crippen molar-refractivity contribution >= 4 is 33.2 Å². The van der Waals surface area contributed by atoms with Gasteiger partial charge in [-0.25, -0.2) is 9.37 Å².